The molecule has 1 N–H and O–H groups in total. The molecule has 0 saturated heterocycles. The van der Waals surface area contributed by atoms with E-state index in [-0.39, 0.29) is 11.2 Å². The van der Waals surface area contributed by atoms with Gasteiger partial charge in [-0.3, -0.25) is 4.79 Å². The first-order valence-electron chi connectivity index (χ1n) is 7.43. The van der Waals surface area contributed by atoms with Crippen LogP contribution in [0.5, 0.6) is 11.5 Å². The SMILES string of the molecule is COc1cc(NC(=O)[C@H](C)SCc2ccccc2)c(OC)cc1Cl. The summed E-state index contributed by atoms with van der Waals surface area (Å²) in [5.74, 6) is 1.65. The van der Waals surface area contributed by atoms with Gasteiger partial charge < -0.3 is 14.8 Å². The Hall–Kier alpha value is -1.85. The number of hydrogen-bond acceptors (Lipinski definition) is 4. The molecule has 1 amide bonds. The molecule has 6 heteroatoms. The summed E-state index contributed by atoms with van der Waals surface area (Å²) < 4.78 is 10.5. The average Bonchev–Trinajstić information content (AvgIpc) is 2.61. The molecule has 2 rings (SSSR count). The van der Waals surface area contributed by atoms with Gasteiger partial charge in [0.05, 0.1) is 30.2 Å². The van der Waals surface area contributed by atoms with E-state index in [4.69, 9.17) is 21.1 Å². The third kappa shape index (κ3) is 4.82. The van der Waals surface area contributed by atoms with Crippen molar-refractivity contribution in [3.63, 3.8) is 0 Å². The van der Waals surface area contributed by atoms with E-state index >= 15 is 0 Å². The van der Waals surface area contributed by atoms with Gasteiger partial charge in [0.25, 0.3) is 0 Å². The maximum Gasteiger partial charge on any atom is 0.237 e. The van der Waals surface area contributed by atoms with Crippen LogP contribution in [0.15, 0.2) is 42.5 Å². The molecule has 128 valence electrons. The van der Waals surface area contributed by atoms with Crippen molar-refractivity contribution in [2.24, 2.45) is 0 Å². The number of amides is 1. The zero-order valence-electron chi connectivity index (χ0n) is 13.8. The number of halogens is 1. The van der Waals surface area contributed by atoms with Gasteiger partial charge in [0.2, 0.25) is 5.91 Å². The third-order valence-electron chi connectivity index (χ3n) is 3.44. The summed E-state index contributed by atoms with van der Waals surface area (Å²) in [7, 11) is 3.05. The summed E-state index contributed by atoms with van der Waals surface area (Å²) in [5.41, 5.74) is 1.73. The maximum absolute atomic E-state index is 12.4. The van der Waals surface area contributed by atoms with Crippen LogP contribution in [0.2, 0.25) is 5.02 Å². The fourth-order valence-corrected chi connectivity index (χ4v) is 3.14. The molecular weight excluding hydrogens is 346 g/mol. The number of carbonyl (C=O) groups is 1. The summed E-state index contributed by atoms with van der Waals surface area (Å²) in [6.07, 6.45) is 0. The van der Waals surface area contributed by atoms with Gasteiger partial charge in [-0.1, -0.05) is 41.9 Å². The predicted molar refractivity (Wildman–Crippen MR) is 100 cm³/mol. The molecule has 0 heterocycles. The quantitative estimate of drug-likeness (QED) is 0.777. The Morgan fingerprint density at radius 2 is 1.83 bits per heavy atom. The van der Waals surface area contributed by atoms with Crippen molar-refractivity contribution in [2.45, 2.75) is 17.9 Å². The van der Waals surface area contributed by atoms with Gasteiger partial charge in [-0.2, -0.15) is 0 Å². The molecule has 0 aromatic heterocycles. The van der Waals surface area contributed by atoms with Crippen LogP contribution in [0, 0.1) is 0 Å². The number of nitrogens with one attached hydrogen (secondary N) is 1. The topological polar surface area (TPSA) is 47.6 Å². The van der Waals surface area contributed by atoms with Crippen LogP contribution < -0.4 is 14.8 Å². The summed E-state index contributed by atoms with van der Waals surface area (Å²) in [4.78, 5) is 12.4. The van der Waals surface area contributed by atoms with Crippen molar-refractivity contribution in [3.8, 4) is 11.5 Å². The Morgan fingerprint density at radius 3 is 2.46 bits per heavy atom. The lowest BCUT2D eigenvalue weighted by Crippen LogP contribution is -2.23. The molecule has 0 radical (unpaired) electrons. The Bertz CT molecular complexity index is 694. The van der Waals surface area contributed by atoms with Gasteiger partial charge in [-0.15, -0.1) is 11.8 Å². The Kier molecular flexibility index (Phi) is 6.82. The number of ether oxygens (including phenoxy) is 2. The second-order valence-corrected chi connectivity index (χ2v) is 6.85. The number of carbonyl (C=O) groups excluding carboxylic acids is 1. The van der Waals surface area contributed by atoms with E-state index in [1.807, 2.05) is 37.3 Å². The van der Waals surface area contributed by atoms with E-state index in [0.717, 1.165) is 5.75 Å². The molecule has 0 bridgehead atoms. The van der Waals surface area contributed by atoms with Crippen molar-refractivity contribution in [1.29, 1.82) is 0 Å². The smallest absolute Gasteiger partial charge is 0.237 e. The number of anilines is 1. The fraction of sp³-hybridized carbons (Fsp3) is 0.278. The number of rotatable bonds is 7. The molecule has 0 aliphatic heterocycles. The van der Waals surface area contributed by atoms with E-state index in [1.54, 1.807) is 23.9 Å². The minimum Gasteiger partial charge on any atom is -0.495 e. The van der Waals surface area contributed by atoms with E-state index < -0.39 is 0 Å². The summed E-state index contributed by atoms with van der Waals surface area (Å²) in [6.45, 7) is 1.88. The van der Waals surface area contributed by atoms with E-state index in [0.29, 0.717) is 22.2 Å². The van der Waals surface area contributed by atoms with Crippen LogP contribution in [0.3, 0.4) is 0 Å². The van der Waals surface area contributed by atoms with Crippen molar-refractivity contribution < 1.29 is 14.3 Å². The van der Waals surface area contributed by atoms with Gasteiger partial charge in [-0.25, -0.2) is 0 Å². The van der Waals surface area contributed by atoms with Crippen LogP contribution in [0.25, 0.3) is 0 Å². The number of thioether (sulfide) groups is 1. The first-order valence-corrected chi connectivity index (χ1v) is 8.85. The van der Waals surface area contributed by atoms with Crippen LogP contribution in [-0.4, -0.2) is 25.4 Å². The highest BCUT2D eigenvalue weighted by Gasteiger charge is 2.17. The van der Waals surface area contributed by atoms with Crippen LogP contribution in [-0.2, 0) is 10.5 Å². The highest BCUT2D eigenvalue weighted by Crippen LogP contribution is 2.36. The normalized spacial score (nSPS) is 11.7. The number of methoxy groups -OCH3 is 2. The number of hydrogen-bond donors (Lipinski definition) is 1. The van der Waals surface area contributed by atoms with Crippen LogP contribution in [0.1, 0.15) is 12.5 Å². The average molecular weight is 366 g/mol. The largest absolute Gasteiger partial charge is 0.495 e. The second kappa shape index (κ2) is 8.85. The molecule has 0 saturated carbocycles. The second-order valence-electron chi connectivity index (χ2n) is 5.12. The molecule has 0 aliphatic carbocycles. The minimum atomic E-state index is -0.211. The van der Waals surface area contributed by atoms with Crippen molar-refractivity contribution >= 4 is 35.0 Å². The maximum atomic E-state index is 12.4. The van der Waals surface area contributed by atoms with E-state index in [9.17, 15) is 4.79 Å². The molecular formula is C18H20ClNO3S. The molecule has 0 aliphatic rings. The zero-order valence-corrected chi connectivity index (χ0v) is 15.4. The summed E-state index contributed by atoms with van der Waals surface area (Å²) in [6, 6.07) is 13.3. The van der Waals surface area contributed by atoms with Gasteiger partial charge in [-0.05, 0) is 12.5 Å². The first-order chi connectivity index (χ1) is 11.5. The van der Waals surface area contributed by atoms with Crippen molar-refractivity contribution in [2.75, 3.05) is 19.5 Å². The summed E-state index contributed by atoms with van der Waals surface area (Å²) in [5, 5.41) is 3.09. The van der Waals surface area contributed by atoms with Crippen molar-refractivity contribution in [3.05, 3.63) is 53.1 Å². The Morgan fingerprint density at radius 1 is 1.17 bits per heavy atom. The van der Waals surface area contributed by atoms with Gasteiger partial charge in [0, 0.05) is 17.9 Å². The Balaban J connectivity index is 2.03. The highest BCUT2D eigenvalue weighted by molar-refractivity contribution is 7.99. The molecule has 0 fully saturated rings. The lowest BCUT2D eigenvalue weighted by Gasteiger charge is -2.16. The minimum absolute atomic E-state index is 0.0985. The number of benzene rings is 2. The van der Waals surface area contributed by atoms with Gasteiger partial charge in [0.1, 0.15) is 11.5 Å². The zero-order chi connectivity index (χ0) is 17.5. The first kappa shape index (κ1) is 18.5. The lowest BCUT2D eigenvalue weighted by molar-refractivity contribution is -0.115. The predicted octanol–water partition coefficient (Wildman–Crippen LogP) is 4.62. The molecule has 0 unspecified atom stereocenters. The molecule has 24 heavy (non-hydrogen) atoms. The van der Waals surface area contributed by atoms with E-state index in [2.05, 4.69) is 5.32 Å². The fourth-order valence-electron chi connectivity index (χ4n) is 2.06. The Labute approximate surface area is 151 Å². The van der Waals surface area contributed by atoms with Gasteiger partial charge >= 0.3 is 0 Å². The van der Waals surface area contributed by atoms with Gasteiger partial charge in [0.15, 0.2) is 0 Å². The van der Waals surface area contributed by atoms with Crippen LogP contribution in [0.4, 0.5) is 5.69 Å². The molecule has 0 spiro atoms. The lowest BCUT2D eigenvalue weighted by atomic mass is 10.2. The van der Waals surface area contributed by atoms with Crippen LogP contribution >= 0.6 is 23.4 Å². The monoisotopic (exact) mass is 365 g/mol. The third-order valence-corrected chi connectivity index (χ3v) is 4.95. The highest BCUT2D eigenvalue weighted by atomic mass is 35.5. The molecule has 2 aromatic carbocycles. The molecule has 2 aromatic rings. The van der Waals surface area contributed by atoms with E-state index in [1.165, 1.54) is 19.8 Å². The standard InChI is InChI=1S/C18H20ClNO3S/c1-12(24-11-13-7-5-4-6-8-13)18(21)20-15-10-16(22-2)14(19)9-17(15)23-3/h4-10,12H,11H2,1-3H3,(H,20,21)/t12-/m0/s1. The van der Waals surface area contributed by atoms with Crippen molar-refractivity contribution in [1.82, 2.24) is 0 Å². The molecule has 4 nitrogen and oxygen atoms in total. The summed E-state index contributed by atoms with van der Waals surface area (Å²) >= 11 is 7.65. The molecule has 1 atom stereocenters.